The fourth-order valence-corrected chi connectivity index (χ4v) is 2.12. The lowest BCUT2D eigenvalue weighted by molar-refractivity contribution is 0.143. The number of likely N-dealkylation sites (N-methyl/N-ethyl adjacent to an activating group) is 1. The number of hydrogen-bond acceptors (Lipinski definition) is 2. The summed E-state index contributed by atoms with van der Waals surface area (Å²) < 4.78 is 6.07. The molecule has 0 saturated heterocycles. The van der Waals surface area contributed by atoms with E-state index in [1.165, 1.54) is 12.8 Å². The molecule has 2 heteroatoms. The zero-order valence-electron chi connectivity index (χ0n) is 11.3. The number of rotatable bonds is 8. The molecule has 1 rings (SSSR count). The molecule has 0 aliphatic carbocycles. The number of ether oxygens (including phenoxy) is 1. The number of benzene rings is 1. The van der Waals surface area contributed by atoms with Gasteiger partial charge in [-0.3, -0.25) is 0 Å². The van der Waals surface area contributed by atoms with Crippen LogP contribution in [0.3, 0.4) is 0 Å². The van der Waals surface area contributed by atoms with Crippen molar-refractivity contribution in [3.63, 3.8) is 0 Å². The van der Waals surface area contributed by atoms with Crippen molar-refractivity contribution in [1.82, 2.24) is 5.32 Å². The summed E-state index contributed by atoms with van der Waals surface area (Å²) in [5.41, 5.74) is 0. The summed E-state index contributed by atoms with van der Waals surface area (Å²) in [5.74, 6) is 0.971. The Hall–Kier alpha value is -1.02. The molecule has 2 atom stereocenters. The van der Waals surface area contributed by atoms with Gasteiger partial charge in [-0.15, -0.1) is 0 Å². The van der Waals surface area contributed by atoms with Crippen molar-refractivity contribution >= 4 is 0 Å². The van der Waals surface area contributed by atoms with Gasteiger partial charge in [0.2, 0.25) is 0 Å². The molecular weight excluding hydrogens is 210 g/mol. The lowest BCUT2D eigenvalue weighted by atomic mass is 10.0. The monoisotopic (exact) mass is 235 g/mol. The van der Waals surface area contributed by atoms with Crippen molar-refractivity contribution in [3.05, 3.63) is 30.3 Å². The standard InChI is InChI=1S/C15H25NO/c1-4-10-14(16-6-3)15(5-2)17-13-11-8-7-9-12-13/h7-9,11-12,14-16H,4-6,10H2,1-3H3. The second kappa shape index (κ2) is 8.13. The zero-order chi connectivity index (χ0) is 12.5. The Labute approximate surface area is 105 Å². The van der Waals surface area contributed by atoms with E-state index in [2.05, 4.69) is 26.1 Å². The van der Waals surface area contributed by atoms with Crippen molar-refractivity contribution in [2.45, 2.75) is 52.2 Å². The van der Waals surface area contributed by atoms with Crippen LogP contribution >= 0.6 is 0 Å². The van der Waals surface area contributed by atoms with E-state index in [-0.39, 0.29) is 6.10 Å². The van der Waals surface area contributed by atoms with Crippen LogP contribution in [0.15, 0.2) is 30.3 Å². The fraction of sp³-hybridized carbons (Fsp3) is 0.600. The summed E-state index contributed by atoms with van der Waals surface area (Å²) in [7, 11) is 0. The van der Waals surface area contributed by atoms with Crippen LogP contribution in [-0.2, 0) is 0 Å². The molecule has 0 spiro atoms. The van der Waals surface area contributed by atoms with Gasteiger partial charge in [0.1, 0.15) is 11.9 Å². The molecular formula is C15H25NO. The van der Waals surface area contributed by atoms with Crippen LogP contribution in [0.1, 0.15) is 40.0 Å². The van der Waals surface area contributed by atoms with Gasteiger partial charge in [0, 0.05) is 6.04 Å². The first-order valence-corrected chi connectivity index (χ1v) is 6.76. The Bertz CT molecular complexity index is 280. The Morgan fingerprint density at radius 1 is 1.12 bits per heavy atom. The lowest BCUT2D eigenvalue weighted by Gasteiger charge is -2.27. The van der Waals surface area contributed by atoms with Gasteiger partial charge >= 0.3 is 0 Å². The second-order valence-electron chi connectivity index (χ2n) is 4.33. The molecule has 0 aliphatic rings. The normalized spacial score (nSPS) is 14.3. The predicted molar refractivity (Wildman–Crippen MR) is 73.5 cm³/mol. The molecule has 0 aromatic heterocycles. The van der Waals surface area contributed by atoms with Crippen molar-refractivity contribution in [3.8, 4) is 5.75 Å². The van der Waals surface area contributed by atoms with Gasteiger partial charge in [0.05, 0.1) is 0 Å². The Balaban J connectivity index is 2.61. The van der Waals surface area contributed by atoms with E-state index in [0.717, 1.165) is 18.7 Å². The van der Waals surface area contributed by atoms with Crippen LogP contribution in [0.5, 0.6) is 5.75 Å². The van der Waals surface area contributed by atoms with Crippen molar-refractivity contribution in [2.75, 3.05) is 6.54 Å². The molecule has 2 unspecified atom stereocenters. The van der Waals surface area contributed by atoms with Gasteiger partial charge in [0.15, 0.2) is 0 Å². The first kappa shape index (κ1) is 14.0. The first-order chi connectivity index (χ1) is 8.31. The van der Waals surface area contributed by atoms with Gasteiger partial charge in [-0.25, -0.2) is 0 Å². The van der Waals surface area contributed by atoms with Gasteiger partial charge in [0.25, 0.3) is 0 Å². The minimum atomic E-state index is 0.261. The minimum absolute atomic E-state index is 0.261. The molecule has 0 saturated carbocycles. The number of nitrogens with one attached hydrogen (secondary N) is 1. The molecule has 0 radical (unpaired) electrons. The zero-order valence-corrected chi connectivity index (χ0v) is 11.3. The predicted octanol–water partition coefficient (Wildman–Crippen LogP) is 3.62. The molecule has 0 fully saturated rings. The van der Waals surface area contributed by atoms with Crippen LogP contribution < -0.4 is 10.1 Å². The van der Waals surface area contributed by atoms with Crippen molar-refractivity contribution in [1.29, 1.82) is 0 Å². The first-order valence-electron chi connectivity index (χ1n) is 6.76. The van der Waals surface area contributed by atoms with E-state index in [1.54, 1.807) is 0 Å². The molecule has 0 aliphatic heterocycles. The maximum absolute atomic E-state index is 6.07. The molecule has 2 nitrogen and oxygen atoms in total. The highest BCUT2D eigenvalue weighted by atomic mass is 16.5. The molecule has 0 bridgehead atoms. The third kappa shape index (κ3) is 4.78. The van der Waals surface area contributed by atoms with Crippen molar-refractivity contribution < 1.29 is 4.74 Å². The van der Waals surface area contributed by atoms with Gasteiger partial charge in [-0.1, -0.05) is 45.4 Å². The van der Waals surface area contributed by atoms with E-state index >= 15 is 0 Å². The summed E-state index contributed by atoms with van der Waals surface area (Å²) in [6, 6.07) is 10.6. The van der Waals surface area contributed by atoms with Gasteiger partial charge in [-0.2, -0.15) is 0 Å². The summed E-state index contributed by atoms with van der Waals surface area (Å²) in [6.07, 6.45) is 3.65. The Kier molecular flexibility index (Phi) is 6.71. The highest BCUT2D eigenvalue weighted by molar-refractivity contribution is 5.21. The maximum atomic E-state index is 6.07. The molecule has 1 aromatic rings. The topological polar surface area (TPSA) is 21.3 Å². The highest BCUT2D eigenvalue weighted by Crippen LogP contribution is 2.16. The second-order valence-corrected chi connectivity index (χ2v) is 4.33. The van der Waals surface area contributed by atoms with Gasteiger partial charge < -0.3 is 10.1 Å². The van der Waals surface area contributed by atoms with E-state index in [4.69, 9.17) is 4.74 Å². The van der Waals surface area contributed by atoms with Crippen molar-refractivity contribution in [2.24, 2.45) is 0 Å². The summed E-state index contributed by atoms with van der Waals surface area (Å²) in [5, 5.41) is 3.53. The fourth-order valence-electron chi connectivity index (χ4n) is 2.12. The average molecular weight is 235 g/mol. The smallest absolute Gasteiger partial charge is 0.119 e. The van der Waals surface area contributed by atoms with Crippen LogP contribution in [0, 0.1) is 0 Å². The van der Waals surface area contributed by atoms with Gasteiger partial charge in [-0.05, 0) is 31.5 Å². The molecule has 17 heavy (non-hydrogen) atoms. The average Bonchev–Trinajstić information content (AvgIpc) is 2.37. The largest absolute Gasteiger partial charge is 0.489 e. The summed E-state index contributed by atoms with van der Waals surface area (Å²) in [6.45, 7) is 7.56. The molecule has 0 amide bonds. The Morgan fingerprint density at radius 2 is 1.82 bits per heavy atom. The third-order valence-corrected chi connectivity index (χ3v) is 2.95. The van der Waals surface area contributed by atoms with E-state index < -0.39 is 0 Å². The quantitative estimate of drug-likeness (QED) is 0.743. The van der Waals surface area contributed by atoms with E-state index in [9.17, 15) is 0 Å². The lowest BCUT2D eigenvalue weighted by Crippen LogP contribution is -2.42. The Morgan fingerprint density at radius 3 is 2.35 bits per heavy atom. The molecule has 0 heterocycles. The SMILES string of the molecule is CCCC(NCC)C(CC)Oc1ccccc1. The van der Waals surface area contributed by atoms with E-state index in [0.29, 0.717) is 6.04 Å². The summed E-state index contributed by atoms with van der Waals surface area (Å²) >= 11 is 0. The number of hydrogen-bond donors (Lipinski definition) is 1. The van der Waals surface area contributed by atoms with Crippen LogP contribution in [0.25, 0.3) is 0 Å². The van der Waals surface area contributed by atoms with Crippen LogP contribution in [0.4, 0.5) is 0 Å². The third-order valence-electron chi connectivity index (χ3n) is 2.95. The van der Waals surface area contributed by atoms with Crippen LogP contribution in [-0.4, -0.2) is 18.7 Å². The summed E-state index contributed by atoms with van der Waals surface area (Å²) in [4.78, 5) is 0. The molecule has 96 valence electrons. The number of para-hydroxylation sites is 1. The van der Waals surface area contributed by atoms with E-state index in [1.807, 2.05) is 30.3 Å². The maximum Gasteiger partial charge on any atom is 0.119 e. The highest BCUT2D eigenvalue weighted by Gasteiger charge is 2.19. The van der Waals surface area contributed by atoms with Crippen LogP contribution in [0.2, 0.25) is 0 Å². The molecule has 1 aromatic carbocycles. The minimum Gasteiger partial charge on any atom is -0.489 e. The molecule has 1 N–H and O–H groups in total.